The van der Waals surface area contributed by atoms with Crippen molar-refractivity contribution in [3.63, 3.8) is 0 Å². The molecule has 2 aliphatic rings. The largest absolute Gasteiger partial charge is 0.496 e. The molecule has 5 nitrogen and oxygen atoms in total. The quantitative estimate of drug-likeness (QED) is 0.532. The average molecular weight is 479 g/mol. The number of benzene rings is 2. The molecule has 0 bridgehead atoms. The Labute approximate surface area is 211 Å². The Morgan fingerprint density at radius 1 is 0.971 bits per heavy atom. The van der Waals surface area contributed by atoms with Crippen molar-refractivity contribution in [1.29, 1.82) is 0 Å². The van der Waals surface area contributed by atoms with Gasteiger partial charge in [-0.05, 0) is 61.1 Å². The van der Waals surface area contributed by atoms with Crippen molar-refractivity contribution in [3.8, 4) is 5.75 Å². The third kappa shape index (κ3) is 5.90. The SMILES string of the molecule is COc1ccc(C(C)(C)C)cc1CNC1CCC(c2ccccc2)N1C(=O)C1CCC(OC)CC1. The van der Waals surface area contributed by atoms with E-state index in [0.717, 1.165) is 49.8 Å². The zero-order valence-corrected chi connectivity index (χ0v) is 22.0. The highest BCUT2D eigenvalue weighted by molar-refractivity contribution is 5.80. The molecule has 1 aliphatic carbocycles. The molecule has 0 aromatic heterocycles. The number of ether oxygens (including phenoxy) is 2. The summed E-state index contributed by atoms with van der Waals surface area (Å²) in [5.41, 5.74) is 3.71. The lowest BCUT2D eigenvalue weighted by Crippen LogP contribution is -2.48. The first-order chi connectivity index (χ1) is 16.8. The molecular weight excluding hydrogens is 436 g/mol. The summed E-state index contributed by atoms with van der Waals surface area (Å²) >= 11 is 0. The Morgan fingerprint density at radius 3 is 2.31 bits per heavy atom. The van der Waals surface area contributed by atoms with Crippen LogP contribution in [-0.4, -0.2) is 37.3 Å². The lowest BCUT2D eigenvalue weighted by atomic mass is 9.86. The first-order valence-corrected chi connectivity index (χ1v) is 13.1. The van der Waals surface area contributed by atoms with Crippen molar-refractivity contribution in [3.05, 3.63) is 65.2 Å². The number of carbonyl (C=O) groups excluding carboxylic acids is 1. The van der Waals surface area contributed by atoms with E-state index in [4.69, 9.17) is 9.47 Å². The molecule has 2 aromatic rings. The number of carbonyl (C=O) groups is 1. The minimum absolute atomic E-state index is 0.0100. The third-order valence-electron chi connectivity index (χ3n) is 7.86. The summed E-state index contributed by atoms with van der Waals surface area (Å²) in [6.07, 6.45) is 5.96. The standard InChI is InChI=1S/C30H42N2O3/c1-30(2,3)24-13-17-27(35-5)23(19-24)20-31-28-18-16-26(21-9-7-6-8-10-21)32(28)29(33)22-11-14-25(34-4)15-12-22/h6-10,13,17,19,22,25-26,28,31H,11-12,14-16,18,20H2,1-5H3. The Morgan fingerprint density at radius 2 is 1.69 bits per heavy atom. The van der Waals surface area contributed by atoms with Crippen molar-refractivity contribution < 1.29 is 14.3 Å². The third-order valence-corrected chi connectivity index (χ3v) is 7.86. The number of hydrogen-bond donors (Lipinski definition) is 1. The lowest BCUT2D eigenvalue weighted by Gasteiger charge is -2.36. The molecule has 1 saturated heterocycles. The molecule has 190 valence electrons. The highest BCUT2D eigenvalue weighted by Gasteiger charge is 2.41. The number of rotatable bonds is 7. The molecule has 2 fully saturated rings. The van der Waals surface area contributed by atoms with Gasteiger partial charge in [-0.3, -0.25) is 10.1 Å². The maximum absolute atomic E-state index is 13.9. The minimum Gasteiger partial charge on any atom is -0.496 e. The van der Waals surface area contributed by atoms with Crippen molar-refractivity contribution in [2.45, 2.75) is 89.6 Å². The van der Waals surface area contributed by atoms with Gasteiger partial charge in [0.05, 0.1) is 25.4 Å². The van der Waals surface area contributed by atoms with Gasteiger partial charge < -0.3 is 14.4 Å². The van der Waals surface area contributed by atoms with E-state index < -0.39 is 0 Å². The van der Waals surface area contributed by atoms with Gasteiger partial charge >= 0.3 is 0 Å². The van der Waals surface area contributed by atoms with Crippen LogP contribution in [0.1, 0.15) is 82.0 Å². The predicted molar refractivity (Wildman–Crippen MR) is 140 cm³/mol. The van der Waals surface area contributed by atoms with Crippen LogP contribution < -0.4 is 10.1 Å². The van der Waals surface area contributed by atoms with Gasteiger partial charge in [-0.2, -0.15) is 0 Å². The lowest BCUT2D eigenvalue weighted by molar-refractivity contribution is -0.141. The summed E-state index contributed by atoms with van der Waals surface area (Å²) in [5, 5.41) is 3.74. The Bertz CT molecular complexity index is 977. The highest BCUT2D eigenvalue weighted by Crippen LogP contribution is 2.39. The van der Waals surface area contributed by atoms with E-state index in [1.807, 2.05) is 6.07 Å². The van der Waals surface area contributed by atoms with E-state index in [1.165, 1.54) is 11.1 Å². The monoisotopic (exact) mass is 478 g/mol. The molecule has 4 rings (SSSR count). The van der Waals surface area contributed by atoms with Crippen molar-refractivity contribution in [1.82, 2.24) is 10.2 Å². The number of hydrogen-bond acceptors (Lipinski definition) is 4. The topological polar surface area (TPSA) is 50.8 Å². The first kappa shape index (κ1) is 25.7. The molecular formula is C30H42N2O3. The second-order valence-electron chi connectivity index (χ2n) is 11.1. The number of nitrogens with zero attached hydrogens (tertiary/aromatic N) is 1. The van der Waals surface area contributed by atoms with E-state index in [9.17, 15) is 4.79 Å². The van der Waals surface area contributed by atoms with Gasteiger partial charge in [-0.1, -0.05) is 63.2 Å². The van der Waals surface area contributed by atoms with E-state index in [-0.39, 0.29) is 23.5 Å². The minimum atomic E-state index is 0.0100. The summed E-state index contributed by atoms with van der Waals surface area (Å²) in [6, 6.07) is 17.1. The molecule has 2 aromatic carbocycles. The number of nitrogens with one attached hydrogen (secondary N) is 1. The van der Waals surface area contributed by atoms with Gasteiger partial charge in [-0.25, -0.2) is 0 Å². The Kier molecular flexibility index (Phi) is 8.18. The predicted octanol–water partition coefficient (Wildman–Crippen LogP) is 5.98. The highest BCUT2D eigenvalue weighted by atomic mass is 16.5. The first-order valence-electron chi connectivity index (χ1n) is 13.1. The van der Waals surface area contributed by atoms with Crippen LogP contribution >= 0.6 is 0 Å². The van der Waals surface area contributed by atoms with Crippen LogP contribution in [0.4, 0.5) is 0 Å². The van der Waals surface area contributed by atoms with E-state index in [0.29, 0.717) is 18.6 Å². The van der Waals surface area contributed by atoms with Crippen molar-refractivity contribution in [2.24, 2.45) is 5.92 Å². The van der Waals surface area contributed by atoms with E-state index in [2.05, 4.69) is 73.5 Å². The van der Waals surface area contributed by atoms with Crippen LogP contribution in [0.5, 0.6) is 5.75 Å². The van der Waals surface area contributed by atoms with E-state index >= 15 is 0 Å². The van der Waals surface area contributed by atoms with Crippen LogP contribution in [0.15, 0.2) is 48.5 Å². The number of amides is 1. The van der Waals surface area contributed by atoms with Gasteiger partial charge in [0.2, 0.25) is 5.91 Å². The van der Waals surface area contributed by atoms with Crippen LogP contribution in [0, 0.1) is 5.92 Å². The average Bonchev–Trinajstić information content (AvgIpc) is 3.30. The summed E-state index contributed by atoms with van der Waals surface area (Å²) in [4.78, 5) is 16.1. The molecule has 5 heteroatoms. The van der Waals surface area contributed by atoms with Crippen molar-refractivity contribution in [2.75, 3.05) is 14.2 Å². The Hall–Kier alpha value is -2.37. The maximum atomic E-state index is 13.9. The Balaban J connectivity index is 1.55. The molecule has 0 radical (unpaired) electrons. The zero-order valence-electron chi connectivity index (χ0n) is 22.0. The fourth-order valence-corrected chi connectivity index (χ4v) is 5.69. The van der Waals surface area contributed by atoms with Gasteiger partial charge in [0.15, 0.2) is 0 Å². The summed E-state index contributed by atoms with van der Waals surface area (Å²) in [5.74, 6) is 1.26. The molecule has 1 aliphatic heterocycles. The van der Waals surface area contributed by atoms with Crippen LogP contribution in [0.3, 0.4) is 0 Å². The van der Waals surface area contributed by atoms with Gasteiger partial charge in [0, 0.05) is 25.1 Å². The fraction of sp³-hybridized carbons (Fsp3) is 0.567. The second-order valence-corrected chi connectivity index (χ2v) is 11.1. The van der Waals surface area contributed by atoms with Gasteiger partial charge in [-0.15, -0.1) is 0 Å². The van der Waals surface area contributed by atoms with Crippen LogP contribution in [0.25, 0.3) is 0 Å². The normalized spacial score (nSPS) is 25.0. The van der Waals surface area contributed by atoms with Crippen LogP contribution in [-0.2, 0) is 21.5 Å². The molecule has 2 unspecified atom stereocenters. The molecule has 1 saturated carbocycles. The number of methoxy groups -OCH3 is 2. The fourth-order valence-electron chi connectivity index (χ4n) is 5.69. The molecule has 1 N–H and O–H groups in total. The molecule has 2 atom stereocenters. The van der Waals surface area contributed by atoms with Crippen molar-refractivity contribution >= 4 is 5.91 Å². The zero-order chi connectivity index (χ0) is 25.0. The molecule has 0 spiro atoms. The summed E-state index contributed by atoms with van der Waals surface area (Å²) < 4.78 is 11.2. The second kappa shape index (κ2) is 11.1. The summed E-state index contributed by atoms with van der Waals surface area (Å²) in [6.45, 7) is 7.35. The van der Waals surface area contributed by atoms with E-state index in [1.54, 1.807) is 14.2 Å². The molecule has 35 heavy (non-hydrogen) atoms. The van der Waals surface area contributed by atoms with Crippen LogP contribution in [0.2, 0.25) is 0 Å². The molecule has 1 amide bonds. The maximum Gasteiger partial charge on any atom is 0.227 e. The number of likely N-dealkylation sites (tertiary alicyclic amines) is 1. The van der Waals surface area contributed by atoms with Gasteiger partial charge in [0.25, 0.3) is 0 Å². The van der Waals surface area contributed by atoms with Gasteiger partial charge in [0.1, 0.15) is 5.75 Å². The summed E-state index contributed by atoms with van der Waals surface area (Å²) in [7, 11) is 3.50. The molecule has 1 heterocycles. The smallest absolute Gasteiger partial charge is 0.227 e.